The van der Waals surface area contributed by atoms with Gasteiger partial charge in [0.2, 0.25) is 0 Å². The molecule has 0 amide bonds. The predicted molar refractivity (Wildman–Crippen MR) is 68.0 cm³/mol. The minimum Gasteiger partial charge on any atom is -0.398 e. The Morgan fingerprint density at radius 1 is 1.41 bits per heavy atom. The Morgan fingerprint density at radius 2 is 2.18 bits per heavy atom. The van der Waals surface area contributed by atoms with Crippen LogP contribution in [0.25, 0.3) is 0 Å². The monoisotopic (exact) mass is 287 g/mol. The van der Waals surface area contributed by atoms with Gasteiger partial charge in [0.15, 0.2) is 14.2 Å². The van der Waals surface area contributed by atoms with Crippen LogP contribution in [-0.4, -0.2) is 24.9 Å². The molecule has 0 radical (unpaired) electrons. The minimum atomic E-state index is -3.22. The van der Waals surface area contributed by atoms with Gasteiger partial charge in [0, 0.05) is 16.8 Å². The molecule has 2 N–H and O–H groups in total. The summed E-state index contributed by atoms with van der Waals surface area (Å²) >= 11 is 2.77. The van der Waals surface area contributed by atoms with Crippen molar-refractivity contribution < 1.29 is 8.42 Å². The molecular weight excluding hydrogens is 278 g/mol. The van der Waals surface area contributed by atoms with Crippen LogP contribution < -0.4 is 5.73 Å². The lowest BCUT2D eigenvalue weighted by Gasteiger charge is -2.05. The van der Waals surface area contributed by atoms with Crippen molar-refractivity contribution in [1.29, 1.82) is 0 Å². The third-order valence-electron chi connectivity index (χ3n) is 1.95. The molecule has 8 heteroatoms. The summed E-state index contributed by atoms with van der Waals surface area (Å²) in [5.41, 5.74) is 7.86. The van der Waals surface area contributed by atoms with Crippen LogP contribution in [0.2, 0.25) is 0 Å². The van der Waals surface area contributed by atoms with Crippen LogP contribution in [0.3, 0.4) is 0 Å². The van der Waals surface area contributed by atoms with Crippen LogP contribution in [0, 0.1) is 0 Å². The van der Waals surface area contributed by atoms with E-state index in [2.05, 4.69) is 10.2 Å². The smallest absolute Gasteiger partial charge is 0.178 e. The number of hydrogen-bond acceptors (Lipinski definition) is 7. The molecule has 90 valence electrons. The molecule has 0 fully saturated rings. The van der Waals surface area contributed by atoms with E-state index in [4.69, 9.17) is 5.73 Å². The second kappa shape index (κ2) is 4.63. The molecule has 0 atom stereocenters. The Bertz CT molecular complexity index is 623. The molecular formula is C9H9N3O2S3. The van der Waals surface area contributed by atoms with Gasteiger partial charge >= 0.3 is 0 Å². The lowest BCUT2D eigenvalue weighted by Crippen LogP contribution is -1.99. The number of nitrogen functional groups attached to an aromatic ring is 1. The van der Waals surface area contributed by atoms with Gasteiger partial charge in [0.05, 0.1) is 4.90 Å². The van der Waals surface area contributed by atoms with Gasteiger partial charge in [-0.25, -0.2) is 8.42 Å². The summed E-state index contributed by atoms with van der Waals surface area (Å²) in [6.45, 7) is 0. The van der Waals surface area contributed by atoms with Crippen molar-refractivity contribution in [3.8, 4) is 0 Å². The molecule has 2 rings (SSSR count). The largest absolute Gasteiger partial charge is 0.398 e. The van der Waals surface area contributed by atoms with E-state index >= 15 is 0 Å². The summed E-state index contributed by atoms with van der Waals surface area (Å²) in [7, 11) is -3.22. The van der Waals surface area contributed by atoms with Gasteiger partial charge in [-0.1, -0.05) is 23.1 Å². The van der Waals surface area contributed by atoms with E-state index in [-0.39, 0.29) is 4.90 Å². The Labute approximate surface area is 107 Å². The van der Waals surface area contributed by atoms with Gasteiger partial charge in [-0.15, -0.1) is 10.2 Å². The molecule has 0 aliphatic heterocycles. The lowest BCUT2D eigenvalue weighted by atomic mass is 10.3. The maximum atomic E-state index is 11.3. The van der Waals surface area contributed by atoms with Crippen LogP contribution >= 0.6 is 23.1 Å². The summed E-state index contributed by atoms with van der Waals surface area (Å²) in [4.78, 5) is 0.991. The zero-order valence-corrected chi connectivity index (χ0v) is 11.3. The molecule has 0 aliphatic carbocycles. The zero-order valence-electron chi connectivity index (χ0n) is 8.82. The molecule has 0 saturated carbocycles. The molecule has 17 heavy (non-hydrogen) atoms. The van der Waals surface area contributed by atoms with E-state index in [0.717, 1.165) is 15.5 Å². The summed E-state index contributed by atoms with van der Waals surface area (Å²) in [5.74, 6) is 0. The maximum absolute atomic E-state index is 11.3. The third kappa shape index (κ3) is 2.96. The molecule has 2 aromatic rings. The topological polar surface area (TPSA) is 85.9 Å². The van der Waals surface area contributed by atoms with Crippen LogP contribution in [0.1, 0.15) is 0 Å². The third-order valence-corrected chi connectivity index (χ3v) is 4.93. The van der Waals surface area contributed by atoms with E-state index in [1.54, 1.807) is 11.6 Å². The fourth-order valence-corrected chi connectivity index (χ4v) is 3.27. The predicted octanol–water partition coefficient (Wildman–Crippen LogP) is 1.68. The summed E-state index contributed by atoms with van der Waals surface area (Å²) in [6, 6.07) is 4.67. The van der Waals surface area contributed by atoms with Gasteiger partial charge in [-0.05, 0) is 18.2 Å². The van der Waals surface area contributed by atoms with Crippen molar-refractivity contribution in [1.82, 2.24) is 10.2 Å². The minimum absolute atomic E-state index is 0.219. The molecule has 5 nitrogen and oxygen atoms in total. The van der Waals surface area contributed by atoms with Crippen LogP contribution in [0.5, 0.6) is 0 Å². The number of sulfone groups is 1. The van der Waals surface area contributed by atoms with Gasteiger partial charge in [-0.2, -0.15) is 0 Å². The van der Waals surface area contributed by atoms with Crippen molar-refractivity contribution in [3.05, 3.63) is 23.7 Å². The van der Waals surface area contributed by atoms with E-state index in [1.807, 2.05) is 0 Å². The fourth-order valence-electron chi connectivity index (χ4n) is 1.15. The Morgan fingerprint density at radius 3 is 2.71 bits per heavy atom. The standard InChI is InChI=1S/C9H9N3O2S3/c1-17(13,14)6-2-3-8(7(10)4-6)16-9-12-11-5-15-9/h2-5H,10H2,1H3. The number of anilines is 1. The first-order chi connectivity index (χ1) is 7.97. The molecule has 0 spiro atoms. The van der Waals surface area contributed by atoms with Crippen molar-refractivity contribution >= 4 is 38.6 Å². The average Bonchev–Trinajstić information content (AvgIpc) is 2.72. The first kappa shape index (κ1) is 12.3. The first-order valence-electron chi connectivity index (χ1n) is 4.50. The lowest BCUT2D eigenvalue weighted by molar-refractivity contribution is 0.602. The Balaban J connectivity index is 2.33. The number of rotatable bonds is 3. The first-order valence-corrected chi connectivity index (χ1v) is 8.09. The normalized spacial score (nSPS) is 11.6. The second-order valence-corrected chi connectivity index (χ2v) is 7.42. The molecule has 1 heterocycles. The Kier molecular flexibility index (Phi) is 3.36. The van der Waals surface area contributed by atoms with E-state index in [1.165, 1.54) is 35.2 Å². The van der Waals surface area contributed by atoms with E-state index in [0.29, 0.717) is 5.69 Å². The van der Waals surface area contributed by atoms with Gasteiger partial charge in [-0.3, -0.25) is 0 Å². The highest BCUT2D eigenvalue weighted by molar-refractivity contribution is 8.01. The average molecular weight is 287 g/mol. The number of hydrogen-bond donors (Lipinski definition) is 1. The highest BCUT2D eigenvalue weighted by atomic mass is 32.2. The summed E-state index contributed by atoms with van der Waals surface area (Å²) in [6.07, 6.45) is 1.15. The molecule has 1 aromatic heterocycles. The van der Waals surface area contributed by atoms with Gasteiger partial charge in [0.25, 0.3) is 0 Å². The van der Waals surface area contributed by atoms with E-state index < -0.39 is 9.84 Å². The Hall–Kier alpha value is -1.12. The van der Waals surface area contributed by atoms with Crippen LogP contribution in [-0.2, 0) is 9.84 Å². The SMILES string of the molecule is CS(=O)(=O)c1ccc(Sc2nncs2)c(N)c1. The van der Waals surface area contributed by atoms with Crippen molar-refractivity contribution in [3.63, 3.8) is 0 Å². The maximum Gasteiger partial charge on any atom is 0.178 e. The fraction of sp³-hybridized carbons (Fsp3) is 0.111. The van der Waals surface area contributed by atoms with Gasteiger partial charge in [0.1, 0.15) is 5.51 Å². The van der Waals surface area contributed by atoms with Crippen molar-refractivity contribution in [2.45, 2.75) is 14.1 Å². The van der Waals surface area contributed by atoms with Crippen molar-refractivity contribution in [2.24, 2.45) is 0 Å². The molecule has 1 aromatic carbocycles. The van der Waals surface area contributed by atoms with Crippen molar-refractivity contribution in [2.75, 3.05) is 12.0 Å². The summed E-state index contributed by atoms with van der Waals surface area (Å²) in [5, 5.41) is 7.60. The van der Waals surface area contributed by atoms with Crippen LogP contribution in [0.4, 0.5) is 5.69 Å². The number of nitrogens with zero attached hydrogens (tertiary/aromatic N) is 2. The zero-order chi connectivity index (χ0) is 12.5. The quantitative estimate of drug-likeness (QED) is 0.864. The number of aromatic nitrogens is 2. The second-order valence-electron chi connectivity index (χ2n) is 3.28. The van der Waals surface area contributed by atoms with Crippen LogP contribution in [0.15, 0.2) is 37.8 Å². The molecule has 0 aliphatic rings. The molecule has 0 saturated heterocycles. The number of benzene rings is 1. The van der Waals surface area contributed by atoms with Gasteiger partial charge < -0.3 is 5.73 Å². The number of nitrogens with two attached hydrogens (primary N) is 1. The highest BCUT2D eigenvalue weighted by Crippen LogP contribution is 2.33. The molecule has 0 bridgehead atoms. The highest BCUT2D eigenvalue weighted by Gasteiger charge is 2.11. The molecule has 0 unspecified atom stereocenters. The van der Waals surface area contributed by atoms with E-state index in [9.17, 15) is 8.42 Å². The summed E-state index contributed by atoms with van der Waals surface area (Å²) < 4.78 is 23.4.